The average Bonchev–Trinajstić information content (AvgIpc) is 2.69. The molecular weight excluding hydrogens is 388 g/mol. The van der Waals surface area contributed by atoms with Crippen molar-refractivity contribution in [3.8, 4) is 29.1 Å². The van der Waals surface area contributed by atoms with E-state index in [1.807, 2.05) is 31.2 Å². The molecule has 4 nitrogen and oxygen atoms in total. The molecule has 0 saturated heterocycles. The van der Waals surface area contributed by atoms with E-state index in [1.54, 1.807) is 43.3 Å². The molecule has 5 heteroatoms. The molecule has 0 atom stereocenters. The topological polar surface area (TPSA) is 55.8 Å². The number of rotatable bonds is 5. The molecule has 0 aliphatic carbocycles. The number of hydrogen-bond donors (Lipinski definition) is 1. The Labute approximate surface area is 174 Å². The van der Waals surface area contributed by atoms with Gasteiger partial charge in [-0.15, -0.1) is 0 Å². The lowest BCUT2D eigenvalue weighted by Crippen LogP contribution is -2.02. The Hall–Kier alpha value is -3.42. The summed E-state index contributed by atoms with van der Waals surface area (Å²) in [6.07, 6.45) is 0. The number of halogens is 1. The van der Waals surface area contributed by atoms with Gasteiger partial charge in [-0.25, -0.2) is 4.79 Å². The Morgan fingerprint density at radius 2 is 1.76 bits per heavy atom. The van der Waals surface area contributed by atoms with Crippen molar-refractivity contribution in [2.75, 3.05) is 6.61 Å². The van der Waals surface area contributed by atoms with Crippen LogP contribution in [-0.2, 0) is 0 Å². The summed E-state index contributed by atoms with van der Waals surface area (Å²) in [6, 6.07) is 17.7. The van der Waals surface area contributed by atoms with Crippen molar-refractivity contribution in [3.63, 3.8) is 0 Å². The summed E-state index contributed by atoms with van der Waals surface area (Å²) < 4.78 is 11.8. The first-order valence-corrected chi connectivity index (χ1v) is 9.30. The Morgan fingerprint density at radius 3 is 2.48 bits per heavy atom. The van der Waals surface area contributed by atoms with Crippen LogP contribution in [0.4, 0.5) is 0 Å². The average molecular weight is 407 g/mol. The van der Waals surface area contributed by atoms with Crippen molar-refractivity contribution >= 4 is 17.6 Å². The maximum atomic E-state index is 11.3. The van der Waals surface area contributed by atoms with E-state index >= 15 is 0 Å². The van der Waals surface area contributed by atoms with Gasteiger partial charge in [0.05, 0.1) is 5.56 Å². The van der Waals surface area contributed by atoms with Crippen LogP contribution in [0.2, 0.25) is 5.02 Å². The van der Waals surface area contributed by atoms with Crippen molar-refractivity contribution in [1.82, 2.24) is 0 Å². The Kier molecular flexibility index (Phi) is 6.43. The van der Waals surface area contributed by atoms with Crippen LogP contribution in [0.5, 0.6) is 17.2 Å². The number of benzene rings is 3. The summed E-state index contributed by atoms with van der Waals surface area (Å²) in [5.74, 6) is 6.48. The van der Waals surface area contributed by atoms with Crippen molar-refractivity contribution in [1.29, 1.82) is 0 Å². The smallest absolute Gasteiger partial charge is 0.336 e. The Bertz CT molecular complexity index is 1090. The van der Waals surface area contributed by atoms with Gasteiger partial charge in [-0.05, 0) is 67.9 Å². The van der Waals surface area contributed by atoms with Gasteiger partial charge >= 0.3 is 5.97 Å². The van der Waals surface area contributed by atoms with Gasteiger partial charge in [0, 0.05) is 16.1 Å². The quantitative estimate of drug-likeness (QED) is 0.538. The molecule has 29 heavy (non-hydrogen) atoms. The number of carbonyl (C=O) groups is 1. The number of carboxylic acids is 1. The highest BCUT2D eigenvalue weighted by Gasteiger charge is 2.13. The molecular formula is C24H19ClO4. The zero-order chi connectivity index (χ0) is 20.8. The maximum absolute atomic E-state index is 11.3. The van der Waals surface area contributed by atoms with Crippen LogP contribution in [0.3, 0.4) is 0 Å². The van der Waals surface area contributed by atoms with Gasteiger partial charge in [0.1, 0.15) is 12.4 Å². The minimum absolute atomic E-state index is 0.177. The number of aromatic carboxylic acids is 1. The van der Waals surface area contributed by atoms with Crippen molar-refractivity contribution in [2.24, 2.45) is 0 Å². The molecule has 1 N–H and O–H groups in total. The lowest BCUT2D eigenvalue weighted by molar-refractivity contribution is 0.0695. The van der Waals surface area contributed by atoms with Crippen molar-refractivity contribution in [2.45, 2.75) is 13.8 Å². The number of ether oxygens (including phenoxy) is 2. The fourth-order valence-corrected chi connectivity index (χ4v) is 2.80. The van der Waals surface area contributed by atoms with Gasteiger partial charge in [0.2, 0.25) is 0 Å². The van der Waals surface area contributed by atoms with E-state index in [1.165, 1.54) is 0 Å². The summed E-state index contributed by atoms with van der Waals surface area (Å²) >= 11 is 5.87. The molecule has 0 fully saturated rings. The van der Waals surface area contributed by atoms with E-state index in [4.69, 9.17) is 21.1 Å². The first-order chi connectivity index (χ1) is 13.9. The highest BCUT2D eigenvalue weighted by Crippen LogP contribution is 2.34. The van der Waals surface area contributed by atoms with Gasteiger partial charge < -0.3 is 14.6 Å². The molecule has 146 valence electrons. The summed E-state index contributed by atoms with van der Waals surface area (Å²) in [7, 11) is 0. The predicted molar refractivity (Wildman–Crippen MR) is 113 cm³/mol. The molecule has 0 amide bonds. The first kappa shape index (κ1) is 20.3. The molecule has 0 unspecified atom stereocenters. The normalized spacial score (nSPS) is 10.0. The van der Waals surface area contributed by atoms with E-state index in [-0.39, 0.29) is 12.2 Å². The molecule has 0 saturated carbocycles. The summed E-state index contributed by atoms with van der Waals surface area (Å²) in [6.45, 7) is 3.84. The molecule has 3 rings (SSSR count). The van der Waals surface area contributed by atoms with Crippen LogP contribution in [0.25, 0.3) is 0 Å². The lowest BCUT2D eigenvalue weighted by atomic mass is 10.1. The van der Waals surface area contributed by atoms with Gasteiger partial charge in [0.15, 0.2) is 11.5 Å². The van der Waals surface area contributed by atoms with Gasteiger partial charge in [-0.2, -0.15) is 0 Å². The van der Waals surface area contributed by atoms with E-state index in [0.717, 1.165) is 11.1 Å². The van der Waals surface area contributed by atoms with Crippen LogP contribution in [-0.4, -0.2) is 17.7 Å². The monoisotopic (exact) mass is 406 g/mol. The van der Waals surface area contributed by atoms with Crippen LogP contribution in [0.1, 0.15) is 27.0 Å². The maximum Gasteiger partial charge on any atom is 0.336 e. The molecule has 0 radical (unpaired) electrons. The fraction of sp³-hybridized carbons (Fsp3) is 0.125. The minimum Gasteiger partial charge on any atom is -0.478 e. The first-order valence-electron chi connectivity index (χ1n) is 8.92. The van der Waals surface area contributed by atoms with E-state index in [0.29, 0.717) is 27.8 Å². The number of carboxylic acid groups (broad SMARTS) is 1. The van der Waals surface area contributed by atoms with E-state index in [9.17, 15) is 9.90 Å². The third-order valence-corrected chi connectivity index (χ3v) is 4.46. The second-order valence-corrected chi connectivity index (χ2v) is 6.82. The largest absolute Gasteiger partial charge is 0.478 e. The highest BCUT2D eigenvalue weighted by molar-refractivity contribution is 6.30. The molecule has 0 aromatic heterocycles. The van der Waals surface area contributed by atoms with Crippen LogP contribution >= 0.6 is 11.6 Å². The summed E-state index contributed by atoms with van der Waals surface area (Å²) in [5.41, 5.74) is 2.61. The van der Waals surface area contributed by atoms with E-state index in [2.05, 4.69) is 11.8 Å². The lowest BCUT2D eigenvalue weighted by Gasteiger charge is -2.14. The zero-order valence-electron chi connectivity index (χ0n) is 16.0. The minimum atomic E-state index is -0.995. The second kappa shape index (κ2) is 9.18. The molecule has 0 aliphatic rings. The Balaban J connectivity index is 1.78. The van der Waals surface area contributed by atoms with Crippen LogP contribution in [0.15, 0.2) is 60.7 Å². The molecule has 0 bridgehead atoms. The van der Waals surface area contributed by atoms with Crippen LogP contribution in [0, 0.1) is 25.7 Å². The summed E-state index contributed by atoms with van der Waals surface area (Å²) in [4.78, 5) is 11.3. The van der Waals surface area contributed by atoms with Gasteiger partial charge in [-0.3, -0.25) is 0 Å². The summed E-state index contributed by atoms with van der Waals surface area (Å²) in [5, 5.41) is 9.96. The molecule has 3 aromatic rings. The van der Waals surface area contributed by atoms with E-state index < -0.39 is 5.97 Å². The molecule has 0 spiro atoms. The molecule has 0 aliphatic heterocycles. The molecule has 3 aromatic carbocycles. The van der Waals surface area contributed by atoms with Gasteiger partial charge in [-0.1, -0.05) is 35.6 Å². The Morgan fingerprint density at radius 1 is 1.00 bits per heavy atom. The highest BCUT2D eigenvalue weighted by atomic mass is 35.5. The number of aryl methyl sites for hydroxylation is 1. The molecule has 0 heterocycles. The standard InChI is InChI=1S/C24H19ClO4/c1-16-8-13-22(29-21-7-3-6-20(17(21)2)24(26)27)23(15-16)28-14-4-5-18-9-11-19(25)12-10-18/h3,6-13,15H,14H2,1-2H3,(H,26,27). The predicted octanol–water partition coefficient (Wildman–Crippen LogP) is 5.88. The third kappa shape index (κ3) is 5.31. The van der Waals surface area contributed by atoms with Gasteiger partial charge in [0.25, 0.3) is 0 Å². The van der Waals surface area contributed by atoms with Crippen molar-refractivity contribution < 1.29 is 19.4 Å². The zero-order valence-corrected chi connectivity index (χ0v) is 16.8. The van der Waals surface area contributed by atoms with Crippen molar-refractivity contribution in [3.05, 3.63) is 87.9 Å². The second-order valence-electron chi connectivity index (χ2n) is 6.38. The third-order valence-electron chi connectivity index (χ3n) is 4.21. The van der Waals surface area contributed by atoms with Crippen LogP contribution < -0.4 is 9.47 Å². The number of hydrogen-bond acceptors (Lipinski definition) is 3. The fourth-order valence-electron chi connectivity index (χ4n) is 2.67. The SMILES string of the molecule is Cc1ccc(Oc2cccc(C(=O)O)c2C)c(OCC#Cc2ccc(Cl)cc2)c1.